The van der Waals surface area contributed by atoms with Crippen LogP contribution in [0.3, 0.4) is 0 Å². The first-order chi connectivity index (χ1) is 11.6. The van der Waals surface area contributed by atoms with Gasteiger partial charge in [0, 0.05) is 25.8 Å². The summed E-state index contributed by atoms with van der Waals surface area (Å²) in [5.74, 6) is 0.667. The van der Waals surface area contributed by atoms with Crippen molar-refractivity contribution in [3.63, 3.8) is 0 Å². The van der Waals surface area contributed by atoms with Crippen LogP contribution in [-0.4, -0.2) is 34.1 Å². The van der Waals surface area contributed by atoms with Crippen molar-refractivity contribution in [2.45, 2.75) is 39.3 Å². The highest BCUT2D eigenvalue weighted by atomic mass is 16.5. The molecular weight excluding hydrogens is 300 g/mol. The van der Waals surface area contributed by atoms with Gasteiger partial charge in [-0.05, 0) is 44.4 Å². The van der Waals surface area contributed by atoms with Crippen LogP contribution in [0.15, 0.2) is 30.5 Å². The molecule has 0 amide bonds. The highest BCUT2D eigenvalue weighted by Crippen LogP contribution is 2.20. The predicted octanol–water partition coefficient (Wildman–Crippen LogP) is 3.01. The summed E-state index contributed by atoms with van der Waals surface area (Å²) >= 11 is 0. The van der Waals surface area contributed by atoms with Crippen molar-refractivity contribution in [2.24, 2.45) is 0 Å². The molecule has 0 atom stereocenters. The summed E-state index contributed by atoms with van der Waals surface area (Å²) in [7, 11) is 0. The highest BCUT2D eigenvalue weighted by molar-refractivity contribution is 5.31. The molecule has 1 aliphatic heterocycles. The third kappa shape index (κ3) is 4.09. The Morgan fingerprint density at radius 2 is 1.92 bits per heavy atom. The molecule has 1 saturated heterocycles. The molecule has 0 saturated carbocycles. The van der Waals surface area contributed by atoms with Gasteiger partial charge in [-0.15, -0.1) is 0 Å². The van der Waals surface area contributed by atoms with E-state index in [1.807, 2.05) is 38.1 Å². The Balaban J connectivity index is 1.52. The SMILES string of the molecule is Cc1cnc(C)c(OC2CCN(Cc3ccc(C#N)cc3)CC2)n1. The third-order valence-electron chi connectivity index (χ3n) is 4.33. The average Bonchev–Trinajstić information content (AvgIpc) is 2.60. The van der Waals surface area contributed by atoms with Crippen LogP contribution < -0.4 is 4.74 Å². The minimum atomic E-state index is 0.206. The van der Waals surface area contributed by atoms with Gasteiger partial charge in [0.1, 0.15) is 6.10 Å². The molecule has 0 aliphatic carbocycles. The minimum Gasteiger partial charge on any atom is -0.473 e. The Labute approximate surface area is 142 Å². The van der Waals surface area contributed by atoms with Crippen molar-refractivity contribution in [1.82, 2.24) is 14.9 Å². The van der Waals surface area contributed by atoms with E-state index in [1.54, 1.807) is 6.20 Å². The molecule has 1 fully saturated rings. The Bertz CT molecular complexity index is 728. The fourth-order valence-corrected chi connectivity index (χ4v) is 2.91. The number of nitriles is 1. The van der Waals surface area contributed by atoms with E-state index >= 15 is 0 Å². The summed E-state index contributed by atoms with van der Waals surface area (Å²) in [6, 6.07) is 9.98. The van der Waals surface area contributed by atoms with Gasteiger partial charge in [-0.25, -0.2) is 4.98 Å². The van der Waals surface area contributed by atoms with Gasteiger partial charge in [0.15, 0.2) is 0 Å². The Hall–Kier alpha value is -2.45. The smallest absolute Gasteiger partial charge is 0.235 e. The maximum atomic E-state index is 8.85. The molecule has 0 spiro atoms. The molecule has 124 valence electrons. The number of likely N-dealkylation sites (tertiary alicyclic amines) is 1. The van der Waals surface area contributed by atoms with E-state index in [0.29, 0.717) is 11.4 Å². The summed E-state index contributed by atoms with van der Waals surface area (Å²) in [5.41, 5.74) is 3.68. The zero-order valence-electron chi connectivity index (χ0n) is 14.2. The lowest BCUT2D eigenvalue weighted by atomic mass is 10.1. The quantitative estimate of drug-likeness (QED) is 0.866. The molecule has 0 unspecified atom stereocenters. The first kappa shape index (κ1) is 16.4. The van der Waals surface area contributed by atoms with E-state index in [9.17, 15) is 0 Å². The Morgan fingerprint density at radius 3 is 2.58 bits per heavy atom. The number of nitrogens with zero attached hydrogens (tertiary/aromatic N) is 4. The van der Waals surface area contributed by atoms with Crippen molar-refractivity contribution in [3.05, 3.63) is 53.0 Å². The lowest BCUT2D eigenvalue weighted by Gasteiger charge is -2.32. The summed E-state index contributed by atoms with van der Waals surface area (Å²) in [5, 5.41) is 8.85. The average molecular weight is 322 g/mol. The number of rotatable bonds is 4. The molecule has 1 aromatic heterocycles. The number of aromatic nitrogens is 2. The molecular formula is C19H22N4O. The summed E-state index contributed by atoms with van der Waals surface area (Å²) in [4.78, 5) is 11.2. The summed E-state index contributed by atoms with van der Waals surface area (Å²) in [6.07, 6.45) is 3.95. The third-order valence-corrected chi connectivity index (χ3v) is 4.33. The van der Waals surface area contributed by atoms with Crippen molar-refractivity contribution >= 4 is 0 Å². The fraction of sp³-hybridized carbons (Fsp3) is 0.421. The van der Waals surface area contributed by atoms with Crippen LogP contribution in [0.2, 0.25) is 0 Å². The second-order valence-electron chi connectivity index (χ2n) is 6.30. The molecule has 1 aliphatic rings. The predicted molar refractivity (Wildman–Crippen MR) is 91.6 cm³/mol. The first-order valence-corrected chi connectivity index (χ1v) is 8.32. The largest absolute Gasteiger partial charge is 0.473 e. The highest BCUT2D eigenvalue weighted by Gasteiger charge is 2.21. The van der Waals surface area contributed by atoms with Crippen LogP contribution >= 0.6 is 0 Å². The van der Waals surface area contributed by atoms with Gasteiger partial charge in [-0.1, -0.05) is 12.1 Å². The standard InChI is InChI=1S/C19H22N4O/c1-14-12-21-15(2)19(22-14)24-18-7-9-23(10-8-18)13-17-5-3-16(11-20)4-6-17/h3-6,12,18H,7-10,13H2,1-2H3. The van der Waals surface area contributed by atoms with Crippen molar-refractivity contribution in [1.29, 1.82) is 5.26 Å². The number of aryl methyl sites for hydroxylation is 2. The molecule has 0 N–H and O–H groups in total. The Kier molecular flexibility index (Phi) is 5.07. The van der Waals surface area contributed by atoms with E-state index in [2.05, 4.69) is 20.9 Å². The second kappa shape index (κ2) is 7.41. The van der Waals surface area contributed by atoms with Gasteiger partial charge < -0.3 is 4.74 Å². The van der Waals surface area contributed by atoms with Crippen molar-refractivity contribution in [2.75, 3.05) is 13.1 Å². The number of piperidine rings is 1. The number of ether oxygens (including phenoxy) is 1. The number of hydrogen-bond acceptors (Lipinski definition) is 5. The second-order valence-corrected chi connectivity index (χ2v) is 6.30. The van der Waals surface area contributed by atoms with Gasteiger partial charge in [-0.2, -0.15) is 5.26 Å². The van der Waals surface area contributed by atoms with Crippen molar-refractivity contribution in [3.8, 4) is 11.9 Å². The zero-order valence-corrected chi connectivity index (χ0v) is 14.2. The van der Waals surface area contributed by atoms with Gasteiger partial charge in [0.2, 0.25) is 5.88 Å². The minimum absolute atomic E-state index is 0.206. The van der Waals surface area contributed by atoms with Crippen LogP contribution in [0.25, 0.3) is 0 Å². The van der Waals surface area contributed by atoms with Crippen LogP contribution in [0, 0.1) is 25.2 Å². The molecule has 0 radical (unpaired) electrons. The van der Waals surface area contributed by atoms with Crippen molar-refractivity contribution < 1.29 is 4.74 Å². The molecule has 3 rings (SSSR count). The van der Waals surface area contributed by atoms with E-state index in [-0.39, 0.29) is 6.10 Å². The molecule has 5 nitrogen and oxygen atoms in total. The normalized spacial score (nSPS) is 15.9. The molecule has 0 bridgehead atoms. The number of benzene rings is 1. The van der Waals surface area contributed by atoms with Crippen LogP contribution in [-0.2, 0) is 6.54 Å². The maximum absolute atomic E-state index is 8.85. The van der Waals surface area contributed by atoms with Crippen LogP contribution in [0.5, 0.6) is 5.88 Å². The molecule has 1 aromatic carbocycles. The first-order valence-electron chi connectivity index (χ1n) is 8.32. The topological polar surface area (TPSA) is 62.0 Å². The maximum Gasteiger partial charge on any atom is 0.235 e. The van der Waals surface area contributed by atoms with Crippen LogP contribution in [0.1, 0.15) is 35.4 Å². The lowest BCUT2D eigenvalue weighted by molar-refractivity contribution is 0.0921. The van der Waals surface area contributed by atoms with E-state index < -0.39 is 0 Å². The zero-order chi connectivity index (χ0) is 16.9. The van der Waals surface area contributed by atoms with E-state index in [0.717, 1.165) is 43.9 Å². The van der Waals surface area contributed by atoms with E-state index in [1.165, 1.54) is 5.56 Å². The monoisotopic (exact) mass is 322 g/mol. The molecule has 5 heteroatoms. The van der Waals surface area contributed by atoms with Gasteiger partial charge >= 0.3 is 0 Å². The van der Waals surface area contributed by atoms with Crippen LogP contribution in [0.4, 0.5) is 0 Å². The lowest BCUT2D eigenvalue weighted by Crippen LogP contribution is -2.38. The molecule has 2 heterocycles. The fourth-order valence-electron chi connectivity index (χ4n) is 2.91. The van der Waals surface area contributed by atoms with Gasteiger partial charge in [0.25, 0.3) is 0 Å². The van der Waals surface area contributed by atoms with Gasteiger partial charge in [0.05, 0.1) is 23.0 Å². The Morgan fingerprint density at radius 1 is 1.21 bits per heavy atom. The molecule has 24 heavy (non-hydrogen) atoms. The summed E-state index contributed by atoms with van der Waals surface area (Å²) in [6.45, 7) is 6.79. The van der Waals surface area contributed by atoms with Gasteiger partial charge in [-0.3, -0.25) is 9.88 Å². The van der Waals surface area contributed by atoms with E-state index in [4.69, 9.17) is 10.00 Å². The number of hydrogen-bond donors (Lipinski definition) is 0. The molecule has 2 aromatic rings. The summed E-state index contributed by atoms with van der Waals surface area (Å²) < 4.78 is 6.06.